The van der Waals surface area contributed by atoms with E-state index in [-0.39, 0.29) is 12.0 Å². The molecule has 2 aliphatic heterocycles. The van der Waals surface area contributed by atoms with Crippen LogP contribution in [-0.2, 0) is 23.1 Å². The Morgan fingerprint density at radius 2 is 2.09 bits per heavy atom. The van der Waals surface area contributed by atoms with Crippen molar-refractivity contribution in [2.24, 2.45) is 7.05 Å². The van der Waals surface area contributed by atoms with Crippen LogP contribution < -0.4 is 0 Å². The predicted octanol–water partition coefficient (Wildman–Crippen LogP) is 0.514. The molecule has 1 aromatic rings. The highest BCUT2D eigenvalue weighted by atomic mass is 16.5. The maximum Gasteiger partial charge on any atom is 0.323 e. The van der Waals surface area contributed by atoms with Crippen molar-refractivity contribution in [2.45, 2.75) is 50.2 Å². The highest BCUT2D eigenvalue weighted by Gasteiger charge is 2.38. The monoisotopic (exact) mass is 319 g/mol. The van der Waals surface area contributed by atoms with E-state index in [0.29, 0.717) is 18.6 Å². The van der Waals surface area contributed by atoms with Crippen LogP contribution >= 0.6 is 0 Å². The van der Waals surface area contributed by atoms with Crippen LogP contribution in [0, 0.1) is 0 Å². The Morgan fingerprint density at radius 3 is 2.78 bits per heavy atom. The third-order valence-corrected chi connectivity index (χ3v) is 5.50. The van der Waals surface area contributed by atoms with E-state index in [1.54, 1.807) is 0 Å². The van der Waals surface area contributed by atoms with E-state index in [2.05, 4.69) is 38.7 Å². The smallest absolute Gasteiger partial charge is 0.323 e. The summed E-state index contributed by atoms with van der Waals surface area (Å²) >= 11 is 0. The van der Waals surface area contributed by atoms with Crippen LogP contribution in [0.4, 0.5) is 0 Å². The SMILES string of the molecule is CN(Cc1nnc(C2CC2)n1C)[C@@H]1CCN([C@H]2CCOC2=O)C1. The maximum absolute atomic E-state index is 11.7. The normalized spacial score (nSPS) is 28.7. The molecule has 2 saturated heterocycles. The maximum atomic E-state index is 11.7. The van der Waals surface area contributed by atoms with Crippen LogP contribution in [0.15, 0.2) is 0 Å². The Balaban J connectivity index is 1.36. The molecule has 7 nitrogen and oxygen atoms in total. The van der Waals surface area contributed by atoms with Crippen molar-refractivity contribution < 1.29 is 9.53 Å². The van der Waals surface area contributed by atoms with Crippen molar-refractivity contribution in [3.05, 3.63) is 11.6 Å². The van der Waals surface area contributed by atoms with Gasteiger partial charge in [0.2, 0.25) is 0 Å². The van der Waals surface area contributed by atoms with Gasteiger partial charge in [-0.1, -0.05) is 0 Å². The summed E-state index contributed by atoms with van der Waals surface area (Å²) in [5, 5.41) is 8.74. The largest absolute Gasteiger partial charge is 0.464 e. The van der Waals surface area contributed by atoms with Crippen LogP contribution in [0.1, 0.15) is 43.3 Å². The number of carbonyl (C=O) groups excluding carboxylic acids is 1. The molecule has 1 saturated carbocycles. The van der Waals surface area contributed by atoms with Gasteiger partial charge in [0.15, 0.2) is 0 Å². The number of likely N-dealkylation sites (tertiary alicyclic amines) is 1. The van der Waals surface area contributed by atoms with Gasteiger partial charge in [-0.15, -0.1) is 10.2 Å². The minimum Gasteiger partial charge on any atom is -0.464 e. The molecular weight excluding hydrogens is 294 g/mol. The van der Waals surface area contributed by atoms with Gasteiger partial charge in [-0.25, -0.2) is 0 Å². The van der Waals surface area contributed by atoms with E-state index in [0.717, 1.165) is 44.1 Å². The highest BCUT2D eigenvalue weighted by Crippen LogP contribution is 2.38. The molecule has 0 unspecified atom stereocenters. The Morgan fingerprint density at radius 1 is 1.26 bits per heavy atom. The predicted molar refractivity (Wildman–Crippen MR) is 83.8 cm³/mol. The molecule has 1 aliphatic carbocycles. The number of ether oxygens (including phenoxy) is 1. The van der Waals surface area contributed by atoms with Gasteiger partial charge in [-0.3, -0.25) is 14.6 Å². The Bertz CT molecular complexity index is 597. The van der Waals surface area contributed by atoms with Gasteiger partial charge in [-0.05, 0) is 26.3 Å². The van der Waals surface area contributed by atoms with Crippen LogP contribution in [0.25, 0.3) is 0 Å². The van der Waals surface area contributed by atoms with Crippen LogP contribution in [0.5, 0.6) is 0 Å². The Kier molecular flexibility index (Phi) is 3.85. The van der Waals surface area contributed by atoms with Gasteiger partial charge < -0.3 is 9.30 Å². The van der Waals surface area contributed by atoms with Crippen molar-refractivity contribution >= 4 is 5.97 Å². The van der Waals surface area contributed by atoms with Crippen molar-refractivity contribution in [1.29, 1.82) is 0 Å². The first-order chi connectivity index (χ1) is 11.1. The molecule has 0 aromatic carbocycles. The molecule has 23 heavy (non-hydrogen) atoms. The molecule has 126 valence electrons. The second-order valence-electron chi connectivity index (χ2n) is 7.13. The number of hydrogen-bond donors (Lipinski definition) is 0. The fourth-order valence-corrected chi connectivity index (χ4v) is 3.79. The highest BCUT2D eigenvalue weighted by molar-refractivity contribution is 5.77. The zero-order chi connectivity index (χ0) is 16.0. The number of esters is 1. The zero-order valence-electron chi connectivity index (χ0n) is 13.9. The van der Waals surface area contributed by atoms with Gasteiger partial charge in [0.1, 0.15) is 17.7 Å². The molecule has 0 N–H and O–H groups in total. The fraction of sp³-hybridized carbons (Fsp3) is 0.812. The lowest BCUT2D eigenvalue weighted by molar-refractivity contribution is -0.142. The summed E-state index contributed by atoms with van der Waals surface area (Å²) in [5.74, 6) is 2.75. The van der Waals surface area contributed by atoms with E-state index in [1.165, 1.54) is 12.8 Å². The first-order valence-corrected chi connectivity index (χ1v) is 8.62. The van der Waals surface area contributed by atoms with E-state index < -0.39 is 0 Å². The second kappa shape index (κ2) is 5.87. The number of aromatic nitrogens is 3. The Hall–Kier alpha value is -1.47. The summed E-state index contributed by atoms with van der Waals surface area (Å²) in [5.41, 5.74) is 0. The van der Waals surface area contributed by atoms with E-state index in [4.69, 9.17) is 4.74 Å². The lowest BCUT2D eigenvalue weighted by Gasteiger charge is -2.25. The van der Waals surface area contributed by atoms with Gasteiger partial charge in [0.25, 0.3) is 0 Å². The topological polar surface area (TPSA) is 63.5 Å². The molecule has 3 heterocycles. The summed E-state index contributed by atoms with van der Waals surface area (Å²) in [6.07, 6.45) is 4.42. The lowest BCUT2D eigenvalue weighted by Crippen LogP contribution is -2.40. The number of hydrogen-bond acceptors (Lipinski definition) is 6. The van der Waals surface area contributed by atoms with E-state index in [1.807, 2.05) is 0 Å². The molecule has 0 bridgehead atoms. The average molecular weight is 319 g/mol. The van der Waals surface area contributed by atoms with E-state index >= 15 is 0 Å². The van der Waals surface area contributed by atoms with Gasteiger partial charge in [0.05, 0.1) is 13.2 Å². The van der Waals surface area contributed by atoms with Crippen LogP contribution in [0.2, 0.25) is 0 Å². The molecule has 3 fully saturated rings. The first kappa shape index (κ1) is 15.1. The minimum atomic E-state index is -0.0457. The fourth-order valence-electron chi connectivity index (χ4n) is 3.79. The summed E-state index contributed by atoms with van der Waals surface area (Å²) in [7, 11) is 4.22. The van der Waals surface area contributed by atoms with Crippen LogP contribution in [-0.4, -0.2) is 69.4 Å². The number of cyclic esters (lactones) is 1. The van der Waals surface area contributed by atoms with Gasteiger partial charge in [0, 0.05) is 38.5 Å². The number of nitrogens with zero attached hydrogens (tertiary/aromatic N) is 5. The molecule has 2 atom stereocenters. The van der Waals surface area contributed by atoms with Crippen LogP contribution in [0.3, 0.4) is 0 Å². The molecule has 7 heteroatoms. The molecule has 1 aromatic heterocycles. The first-order valence-electron chi connectivity index (χ1n) is 8.62. The molecule has 0 spiro atoms. The zero-order valence-corrected chi connectivity index (χ0v) is 13.9. The third-order valence-electron chi connectivity index (χ3n) is 5.50. The average Bonchev–Trinajstić information content (AvgIpc) is 2.94. The minimum absolute atomic E-state index is 0.0234. The third kappa shape index (κ3) is 2.87. The number of likely N-dealkylation sites (N-methyl/N-ethyl adjacent to an activating group) is 1. The molecular formula is C16H25N5O2. The van der Waals surface area contributed by atoms with Gasteiger partial charge in [-0.2, -0.15) is 0 Å². The van der Waals surface area contributed by atoms with E-state index in [9.17, 15) is 4.79 Å². The summed E-state index contributed by atoms with van der Waals surface area (Å²) in [6.45, 7) is 3.29. The molecule has 0 amide bonds. The molecule has 0 radical (unpaired) electrons. The van der Waals surface area contributed by atoms with Crippen molar-refractivity contribution in [1.82, 2.24) is 24.6 Å². The molecule has 4 rings (SSSR count). The Labute approximate surface area is 136 Å². The van der Waals surface area contributed by atoms with Crippen molar-refractivity contribution in [3.8, 4) is 0 Å². The quantitative estimate of drug-likeness (QED) is 0.737. The molecule has 3 aliphatic rings. The summed E-state index contributed by atoms with van der Waals surface area (Å²) in [4.78, 5) is 16.4. The van der Waals surface area contributed by atoms with Gasteiger partial charge >= 0.3 is 5.97 Å². The van der Waals surface area contributed by atoms with Crippen molar-refractivity contribution in [2.75, 3.05) is 26.7 Å². The van der Waals surface area contributed by atoms with Crippen molar-refractivity contribution in [3.63, 3.8) is 0 Å². The number of carbonyl (C=O) groups is 1. The summed E-state index contributed by atoms with van der Waals surface area (Å²) in [6, 6.07) is 0.439. The lowest BCUT2D eigenvalue weighted by atomic mass is 10.2. The standard InChI is InChI=1S/C16H25N5O2/c1-19(10-14-17-18-15(20(14)2)11-3-4-11)12-5-7-21(9-12)13-6-8-23-16(13)22/h11-13H,3-10H2,1-2H3/t12-,13+/m1/s1. The summed E-state index contributed by atoms with van der Waals surface area (Å²) < 4.78 is 7.26. The second-order valence-corrected chi connectivity index (χ2v) is 7.13. The number of rotatable bonds is 5.